The Morgan fingerprint density at radius 1 is 1.44 bits per heavy atom. The maximum Gasteiger partial charge on any atom is 0.339 e. The van der Waals surface area contributed by atoms with Gasteiger partial charge in [-0.15, -0.1) is 0 Å². The van der Waals surface area contributed by atoms with E-state index in [0.717, 1.165) is 0 Å². The van der Waals surface area contributed by atoms with E-state index in [1.165, 1.54) is 19.4 Å². The number of carbonyl (C=O) groups excluding carboxylic acids is 1. The van der Waals surface area contributed by atoms with Crippen molar-refractivity contribution in [3.63, 3.8) is 0 Å². The Kier molecular flexibility index (Phi) is 2.87. The standard InChI is InChI=1S/C11H7BrFNO2/c1-16-11(15)7-2-6-3-8(12)9(13)4-10(6)14-5-7/h2-5H,1H3. The van der Waals surface area contributed by atoms with E-state index in [4.69, 9.17) is 0 Å². The lowest BCUT2D eigenvalue weighted by molar-refractivity contribution is 0.0600. The fourth-order valence-electron chi connectivity index (χ4n) is 1.35. The Bertz CT molecular complexity index is 571. The average Bonchev–Trinajstić information content (AvgIpc) is 2.29. The Morgan fingerprint density at radius 3 is 2.88 bits per heavy atom. The molecule has 1 aromatic heterocycles. The third-order valence-corrected chi connectivity index (χ3v) is 2.75. The van der Waals surface area contributed by atoms with E-state index in [9.17, 15) is 9.18 Å². The van der Waals surface area contributed by atoms with Crippen molar-refractivity contribution in [2.24, 2.45) is 0 Å². The van der Waals surface area contributed by atoms with E-state index in [0.29, 0.717) is 20.9 Å². The van der Waals surface area contributed by atoms with Crippen molar-refractivity contribution < 1.29 is 13.9 Å². The van der Waals surface area contributed by atoms with E-state index in [1.54, 1.807) is 12.1 Å². The van der Waals surface area contributed by atoms with Crippen LogP contribution in [0.15, 0.2) is 28.9 Å². The predicted molar refractivity (Wildman–Crippen MR) is 60.7 cm³/mol. The summed E-state index contributed by atoms with van der Waals surface area (Å²) in [6.07, 6.45) is 1.36. The minimum absolute atomic E-state index is 0.337. The first-order valence-electron chi connectivity index (χ1n) is 4.45. The number of esters is 1. The van der Waals surface area contributed by atoms with Crippen LogP contribution in [0.3, 0.4) is 0 Å². The molecule has 0 atom stereocenters. The molecule has 0 spiro atoms. The Labute approximate surface area is 99.4 Å². The molecule has 0 fully saturated rings. The molecule has 2 aromatic rings. The van der Waals surface area contributed by atoms with Gasteiger partial charge < -0.3 is 4.74 Å². The Balaban J connectivity index is 2.62. The topological polar surface area (TPSA) is 39.2 Å². The van der Waals surface area contributed by atoms with Crippen LogP contribution in [0, 0.1) is 5.82 Å². The van der Waals surface area contributed by atoms with E-state index in [-0.39, 0.29) is 5.82 Å². The van der Waals surface area contributed by atoms with Crippen LogP contribution in [0.25, 0.3) is 10.9 Å². The molecule has 5 heteroatoms. The lowest BCUT2D eigenvalue weighted by Gasteiger charge is -2.02. The molecular weight excluding hydrogens is 277 g/mol. The van der Waals surface area contributed by atoms with Gasteiger partial charge in [-0.3, -0.25) is 4.98 Å². The van der Waals surface area contributed by atoms with Crippen LogP contribution in [-0.4, -0.2) is 18.1 Å². The highest BCUT2D eigenvalue weighted by Crippen LogP contribution is 2.22. The quantitative estimate of drug-likeness (QED) is 0.756. The van der Waals surface area contributed by atoms with Crippen molar-refractivity contribution in [3.8, 4) is 0 Å². The van der Waals surface area contributed by atoms with Crippen LogP contribution in [0.2, 0.25) is 0 Å². The lowest BCUT2D eigenvalue weighted by atomic mass is 10.1. The van der Waals surface area contributed by atoms with E-state index in [1.807, 2.05) is 0 Å². The molecule has 1 aromatic carbocycles. The van der Waals surface area contributed by atoms with Crippen molar-refractivity contribution in [3.05, 3.63) is 40.2 Å². The molecule has 82 valence electrons. The van der Waals surface area contributed by atoms with E-state index in [2.05, 4.69) is 25.7 Å². The van der Waals surface area contributed by atoms with Gasteiger partial charge in [-0.1, -0.05) is 0 Å². The molecule has 2 rings (SSSR count). The van der Waals surface area contributed by atoms with Crippen LogP contribution < -0.4 is 0 Å². The second-order valence-electron chi connectivity index (χ2n) is 3.17. The second-order valence-corrected chi connectivity index (χ2v) is 4.03. The number of nitrogens with zero attached hydrogens (tertiary/aromatic N) is 1. The zero-order valence-corrected chi connectivity index (χ0v) is 9.92. The Morgan fingerprint density at radius 2 is 2.19 bits per heavy atom. The number of carbonyl (C=O) groups is 1. The first-order chi connectivity index (χ1) is 7.61. The summed E-state index contributed by atoms with van der Waals surface area (Å²) in [4.78, 5) is 15.3. The normalized spacial score (nSPS) is 10.4. The molecule has 0 radical (unpaired) electrons. The maximum atomic E-state index is 13.2. The van der Waals surface area contributed by atoms with Gasteiger partial charge in [0.15, 0.2) is 0 Å². The number of hydrogen-bond acceptors (Lipinski definition) is 3. The number of aromatic nitrogens is 1. The SMILES string of the molecule is COC(=O)c1cnc2cc(F)c(Br)cc2c1. The number of pyridine rings is 1. The summed E-state index contributed by atoms with van der Waals surface area (Å²) in [5.74, 6) is -0.847. The van der Waals surface area contributed by atoms with Gasteiger partial charge in [0.1, 0.15) is 5.82 Å². The number of methoxy groups -OCH3 is 1. The first-order valence-corrected chi connectivity index (χ1v) is 5.24. The summed E-state index contributed by atoms with van der Waals surface area (Å²) in [5.41, 5.74) is 0.835. The summed E-state index contributed by atoms with van der Waals surface area (Å²) in [7, 11) is 1.30. The highest BCUT2D eigenvalue weighted by atomic mass is 79.9. The summed E-state index contributed by atoms with van der Waals surface area (Å²) in [6.45, 7) is 0. The monoisotopic (exact) mass is 283 g/mol. The molecule has 0 amide bonds. The molecule has 0 saturated heterocycles. The van der Waals surface area contributed by atoms with Crippen molar-refractivity contribution in [1.29, 1.82) is 0 Å². The molecule has 0 aliphatic rings. The number of benzene rings is 1. The zero-order valence-electron chi connectivity index (χ0n) is 8.33. The Hall–Kier alpha value is -1.49. The van der Waals surface area contributed by atoms with Crippen LogP contribution in [0.5, 0.6) is 0 Å². The summed E-state index contributed by atoms with van der Waals surface area (Å²) in [5, 5.41) is 0.677. The van der Waals surface area contributed by atoms with E-state index < -0.39 is 5.97 Å². The van der Waals surface area contributed by atoms with Gasteiger partial charge in [0.05, 0.1) is 22.7 Å². The number of hydrogen-bond donors (Lipinski definition) is 0. The number of ether oxygens (including phenoxy) is 1. The van der Waals surface area contributed by atoms with Gasteiger partial charge in [0, 0.05) is 17.6 Å². The van der Waals surface area contributed by atoms with Gasteiger partial charge in [-0.05, 0) is 28.1 Å². The van der Waals surface area contributed by atoms with Crippen LogP contribution >= 0.6 is 15.9 Å². The molecule has 16 heavy (non-hydrogen) atoms. The molecule has 1 heterocycles. The van der Waals surface area contributed by atoms with Crippen molar-refractivity contribution in [2.45, 2.75) is 0 Å². The number of halogens is 2. The molecule has 0 N–H and O–H groups in total. The van der Waals surface area contributed by atoms with Gasteiger partial charge >= 0.3 is 5.97 Å². The van der Waals surface area contributed by atoms with Crippen LogP contribution in [0.1, 0.15) is 10.4 Å². The smallest absolute Gasteiger partial charge is 0.339 e. The molecule has 0 unspecified atom stereocenters. The fourth-order valence-corrected chi connectivity index (χ4v) is 1.71. The predicted octanol–water partition coefficient (Wildman–Crippen LogP) is 2.92. The fraction of sp³-hybridized carbons (Fsp3) is 0.0909. The third kappa shape index (κ3) is 1.90. The number of fused-ring (bicyclic) bond motifs is 1. The summed E-state index contributed by atoms with van der Waals surface area (Å²) in [6, 6.07) is 4.49. The van der Waals surface area contributed by atoms with Crippen LogP contribution in [0.4, 0.5) is 4.39 Å². The molecule has 0 aliphatic heterocycles. The zero-order chi connectivity index (χ0) is 11.7. The molecule has 0 aliphatic carbocycles. The van der Waals surface area contributed by atoms with Gasteiger partial charge in [0.2, 0.25) is 0 Å². The second kappa shape index (κ2) is 4.17. The summed E-state index contributed by atoms with van der Waals surface area (Å²) >= 11 is 3.08. The first kappa shape index (κ1) is 11.0. The molecule has 3 nitrogen and oxygen atoms in total. The maximum absolute atomic E-state index is 13.2. The van der Waals surface area contributed by atoms with Crippen LogP contribution in [-0.2, 0) is 4.74 Å². The highest BCUT2D eigenvalue weighted by molar-refractivity contribution is 9.10. The van der Waals surface area contributed by atoms with Crippen molar-refractivity contribution in [2.75, 3.05) is 7.11 Å². The largest absolute Gasteiger partial charge is 0.465 e. The lowest BCUT2D eigenvalue weighted by Crippen LogP contribution is -2.01. The highest BCUT2D eigenvalue weighted by Gasteiger charge is 2.08. The van der Waals surface area contributed by atoms with Gasteiger partial charge in [-0.2, -0.15) is 0 Å². The number of rotatable bonds is 1. The van der Waals surface area contributed by atoms with Gasteiger partial charge in [0.25, 0.3) is 0 Å². The van der Waals surface area contributed by atoms with Gasteiger partial charge in [-0.25, -0.2) is 9.18 Å². The van der Waals surface area contributed by atoms with E-state index >= 15 is 0 Å². The third-order valence-electron chi connectivity index (χ3n) is 2.14. The average molecular weight is 284 g/mol. The van der Waals surface area contributed by atoms with Crippen molar-refractivity contribution in [1.82, 2.24) is 4.98 Å². The minimum Gasteiger partial charge on any atom is -0.465 e. The molecule has 0 saturated carbocycles. The molecular formula is C11H7BrFNO2. The minimum atomic E-state index is -0.463. The van der Waals surface area contributed by atoms with Crippen molar-refractivity contribution >= 4 is 32.8 Å². The molecule has 0 bridgehead atoms. The summed E-state index contributed by atoms with van der Waals surface area (Å²) < 4.78 is 18.1.